The molecule has 0 amide bonds. The van der Waals surface area contributed by atoms with Crippen LogP contribution in [0.25, 0.3) is 6.08 Å². The monoisotopic (exact) mass is 608 g/mol. The number of nitrogens with zero attached hydrogens (tertiary/aromatic N) is 2. The Morgan fingerprint density at radius 2 is 1.71 bits per heavy atom. The molecular weight excluding hydrogens is 583 g/mol. The highest BCUT2D eigenvalue weighted by Crippen LogP contribution is 2.32. The van der Waals surface area contributed by atoms with Gasteiger partial charge in [-0.2, -0.15) is 0 Å². The highest BCUT2D eigenvalue weighted by Gasteiger charge is 2.33. The van der Waals surface area contributed by atoms with Crippen molar-refractivity contribution in [2.24, 2.45) is 4.99 Å². The lowest BCUT2D eigenvalue weighted by Gasteiger charge is -2.24. The van der Waals surface area contributed by atoms with Gasteiger partial charge in [-0.05, 0) is 73.0 Å². The smallest absolute Gasteiger partial charge is 0.338 e. The Morgan fingerprint density at radius 3 is 2.37 bits per heavy atom. The number of thiazole rings is 1. The van der Waals surface area contributed by atoms with E-state index >= 15 is 0 Å². The molecule has 7 nitrogen and oxygen atoms in total. The molecule has 0 fully saturated rings. The minimum Gasteiger partial charge on any atom is -0.493 e. The summed E-state index contributed by atoms with van der Waals surface area (Å²) in [7, 11) is 1.56. The third-order valence-corrected chi connectivity index (χ3v) is 7.98. The van der Waals surface area contributed by atoms with Crippen LogP contribution in [0.2, 0.25) is 10.0 Å². The van der Waals surface area contributed by atoms with E-state index < -0.39 is 12.0 Å². The molecule has 0 saturated heterocycles. The summed E-state index contributed by atoms with van der Waals surface area (Å²) in [6, 6.07) is 19.2. The Hall–Kier alpha value is -3.85. The minimum atomic E-state index is -0.706. The van der Waals surface area contributed by atoms with Gasteiger partial charge in [0.15, 0.2) is 16.3 Å². The van der Waals surface area contributed by atoms with Gasteiger partial charge in [-0.3, -0.25) is 9.36 Å². The van der Waals surface area contributed by atoms with Gasteiger partial charge in [0.2, 0.25) is 0 Å². The standard InChI is InChI=1S/C31H26Cl2N2O5S/c1-4-39-30(37)27-18(2)34-31-35(28(27)21-8-12-23(33)13-9-21)29(36)26(41-31)16-20-7-14-24(25(15-20)38-3)40-17-19-5-10-22(32)11-6-19/h5-16,28H,4,17H2,1-3H3/b26-16-. The fourth-order valence-electron chi connectivity index (χ4n) is 4.54. The first kappa shape index (κ1) is 28.7. The van der Waals surface area contributed by atoms with Crippen LogP contribution in [0.1, 0.15) is 36.6 Å². The van der Waals surface area contributed by atoms with Gasteiger partial charge >= 0.3 is 5.97 Å². The fraction of sp³-hybridized carbons (Fsp3) is 0.194. The Bertz CT molecular complexity index is 1810. The molecule has 10 heteroatoms. The Morgan fingerprint density at radius 1 is 1.02 bits per heavy atom. The van der Waals surface area contributed by atoms with Crippen molar-refractivity contribution >= 4 is 46.6 Å². The zero-order chi connectivity index (χ0) is 29.1. The van der Waals surface area contributed by atoms with Crippen molar-refractivity contribution in [2.45, 2.75) is 26.5 Å². The number of aromatic nitrogens is 1. The second-order valence-corrected chi connectivity index (χ2v) is 11.1. The van der Waals surface area contributed by atoms with Crippen molar-refractivity contribution < 1.29 is 19.0 Å². The minimum absolute atomic E-state index is 0.203. The first-order valence-corrected chi connectivity index (χ1v) is 14.4. The van der Waals surface area contributed by atoms with Crippen molar-refractivity contribution in [3.05, 3.63) is 124 Å². The van der Waals surface area contributed by atoms with Crippen LogP contribution in [-0.2, 0) is 16.1 Å². The van der Waals surface area contributed by atoms with Crippen molar-refractivity contribution in [2.75, 3.05) is 13.7 Å². The Kier molecular flexibility index (Phi) is 8.63. The van der Waals surface area contributed by atoms with Crippen LogP contribution in [0.4, 0.5) is 0 Å². The Balaban J connectivity index is 1.53. The second kappa shape index (κ2) is 12.3. The van der Waals surface area contributed by atoms with E-state index in [2.05, 4.69) is 4.99 Å². The van der Waals surface area contributed by atoms with Gasteiger partial charge in [0, 0.05) is 10.0 Å². The summed E-state index contributed by atoms with van der Waals surface area (Å²) < 4.78 is 18.9. The molecule has 1 atom stereocenters. The maximum atomic E-state index is 13.8. The summed E-state index contributed by atoms with van der Waals surface area (Å²) in [6.07, 6.45) is 1.78. The number of hydrogen-bond donors (Lipinski definition) is 0. The van der Waals surface area contributed by atoms with E-state index in [4.69, 9.17) is 37.4 Å². The number of halogens is 2. The van der Waals surface area contributed by atoms with Crippen molar-refractivity contribution in [1.82, 2.24) is 4.57 Å². The van der Waals surface area contributed by atoms with Crippen LogP contribution in [0, 0.1) is 0 Å². The zero-order valence-corrected chi connectivity index (χ0v) is 24.8. The molecule has 0 radical (unpaired) electrons. The van der Waals surface area contributed by atoms with Crippen LogP contribution < -0.4 is 24.4 Å². The van der Waals surface area contributed by atoms with Gasteiger partial charge in [0.1, 0.15) is 6.61 Å². The molecule has 0 spiro atoms. The van der Waals surface area contributed by atoms with E-state index in [1.54, 1.807) is 68.0 Å². The fourth-order valence-corrected chi connectivity index (χ4v) is 5.84. The summed E-state index contributed by atoms with van der Waals surface area (Å²) in [6.45, 7) is 4.04. The van der Waals surface area contributed by atoms with Gasteiger partial charge in [-0.1, -0.05) is 64.9 Å². The number of allylic oxidation sites excluding steroid dienone is 1. The zero-order valence-electron chi connectivity index (χ0n) is 22.5. The average molecular weight is 610 g/mol. The lowest BCUT2D eigenvalue weighted by atomic mass is 9.96. The lowest BCUT2D eigenvalue weighted by molar-refractivity contribution is -0.139. The molecule has 1 aromatic heterocycles. The topological polar surface area (TPSA) is 79.1 Å². The molecule has 0 N–H and O–H groups in total. The van der Waals surface area contributed by atoms with Gasteiger partial charge in [0.05, 0.1) is 35.6 Å². The summed E-state index contributed by atoms with van der Waals surface area (Å²) >= 11 is 13.3. The van der Waals surface area contributed by atoms with Crippen LogP contribution >= 0.6 is 34.5 Å². The third-order valence-electron chi connectivity index (χ3n) is 6.50. The predicted molar refractivity (Wildman–Crippen MR) is 161 cm³/mol. The Labute approximate surface area is 250 Å². The van der Waals surface area contributed by atoms with Crippen LogP contribution in [0.3, 0.4) is 0 Å². The maximum absolute atomic E-state index is 13.8. The van der Waals surface area contributed by atoms with Crippen LogP contribution in [-0.4, -0.2) is 24.3 Å². The normalized spacial score (nSPS) is 14.9. The molecule has 1 aliphatic heterocycles. The second-order valence-electron chi connectivity index (χ2n) is 9.18. The number of methoxy groups -OCH3 is 1. The lowest BCUT2D eigenvalue weighted by Crippen LogP contribution is -2.39. The van der Waals surface area contributed by atoms with E-state index in [0.29, 0.717) is 48.8 Å². The molecule has 0 saturated carbocycles. The molecule has 210 valence electrons. The van der Waals surface area contributed by atoms with E-state index in [1.165, 1.54) is 11.3 Å². The molecule has 4 aromatic rings. The van der Waals surface area contributed by atoms with Gasteiger partial charge in [0.25, 0.3) is 5.56 Å². The van der Waals surface area contributed by atoms with E-state index in [0.717, 1.165) is 16.7 Å². The highest BCUT2D eigenvalue weighted by atomic mass is 35.5. The van der Waals surface area contributed by atoms with Crippen LogP contribution in [0.15, 0.2) is 87.8 Å². The number of rotatable bonds is 8. The number of carbonyl (C=O) groups excluding carboxylic acids is 1. The highest BCUT2D eigenvalue weighted by molar-refractivity contribution is 7.07. The molecule has 0 bridgehead atoms. The molecule has 1 aliphatic rings. The van der Waals surface area contributed by atoms with Crippen molar-refractivity contribution in [1.29, 1.82) is 0 Å². The van der Waals surface area contributed by atoms with Gasteiger partial charge in [-0.15, -0.1) is 0 Å². The number of fused-ring (bicyclic) bond motifs is 1. The summed E-state index contributed by atoms with van der Waals surface area (Å²) in [5, 5.41) is 1.21. The SMILES string of the molecule is CCOC(=O)C1=C(C)N=c2s/c(=C\c3ccc(OCc4ccc(Cl)cc4)c(OC)c3)c(=O)n2C1c1ccc(Cl)cc1. The van der Waals surface area contributed by atoms with Crippen LogP contribution in [0.5, 0.6) is 11.5 Å². The first-order valence-electron chi connectivity index (χ1n) is 12.8. The number of hydrogen-bond acceptors (Lipinski definition) is 7. The van der Waals surface area contributed by atoms with E-state index in [9.17, 15) is 9.59 Å². The van der Waals surface area contributed by atoms with Gasteiger partial charge < -0.3 is 14.2 Å². The molecule has 5 rings (SSSR count). The number of carbonyl (C=O) groups is 1. The van der Waals surface area contributed by atoms with Crippen molar-refractivity contribution in [3.8, 4) is 11.5 Å². The molecule has 1 unspecified atom stereocenters. The van der Waals surface area contributed by atoms with E-state index in [1.807, 2.05) is 30.3 Å². The number of ether oxygens (including phenoxy) is 3. The molecule has 0 aliphatic carbocycles. The summed E-state index contributed by atoms with van der Waals surface area (Å²) in [4.78, 5) is 31.9. The molecule has 2 heterocycles. The molecule has 41 heavy (non-hydrogen) atoms. The maximum Gasteiger partial charge on any atom is 0.338 e. The van der Waals surface area contributed by atoms with Crippen molar-refractivity contribution in [3.63, 3.8) is 0 Å². The average Bonchev–Trinajstić information content (AvgIpc) is 3.26. The predicted octanol–water partition coefficient (Wildman–Crippen LogP) is 5.69. The largest absolute Gasteiger partial charge is 0.493 e. The molecular formula is C31H26Cl2N2O5S. The summed E-state index contributed by atoms with van der Waals surface area (Å²) in [5.74, 6) is 0.584. The number of esters is 1. The molecule has 3 aromatic carbocycles. The third kappa shape index (κ3) is 6.10. The number of benzene rings is 3. The van der Waals surface area contributed by atoms with Gasteiger partial charge in [-0.25, -0.2) is 9.79 Å². The quantitative estimate of drug-likeness (QED) is 0.240. The van der Waals surface area contributed by atoms with E-state index in [-0.39, 0.29) is 12.2 Å². The summed E-state index contributed by atoms with van der Waals surface area (Å²) in [5.41, 5.74) is 2.98. The first-order chi connectivity index (χ1) is 19.8.